The van der Waals surface area contributed by atoms with Gasteiger partial charge >= 0.3 is 5.76 Å². The van der Waals surface area contributed by atoms with Gasteiger partial charge in [-0.1, -0.05) is 36.4 Å². The summed E-state index contributed by atoms with van der Waals surface area (Å²) in [6.07, 6.45) is 0. The van der Waals surface area contributed by atoms with Crippen molar-refractivity contribution in [2.75, 3.05) is 0 Å². The molecule has 0 bridgehead atoms. The number of aromatic nitrogens is 2. The van der Waals surface area contributed by atoms with Gasteiger partial charge in [0.1, 0.15) is 10.8 Å². The average Bonchev–Trinajstić information content (AvgIpc) is 3.40. The van der Waals surface area contributed by atoms with Crippen LogP contribution in [0.2, 0.25) is 0 Å². The van der Waals surface area contributed by atoms with Gasteiger partial charge in [0.25, 0.3) is 0 Å². The summed E-state index contributed by atoms with van der Waals surface area (Å²) in [5, 5.41) is 2.70. The summed E-state index contributed by atoms with van der Waals surface area (Å²) in [5.41, 5.74) is 5.34. The lowest BCUT2D eigenvalue weighted by molar-refractivity contribution is 0.107. The summed E-state index contributed by atoms with van der Waals surface area (Å²) in [6.45, 7) is 0.721. The Balaban J connectivity index is 1.41. The minimum atomic E-state index is -0.488. The Kier molecular flexibility index (Phi) is 5.19. The van der Waals surface area contributed by atoms with Crippen LogP contribution >= 0.6 is 11.3 Å². The molecule has 2 heterocycles. The summed E-state index contributed by atoms with van der Waals surface area (Å²) < 4.78 is 24.9. The van der Waals surface area contributed by atoms with Gasteiger partial charge in [0, 0.05) is 16.5 Å². The maximum atomic E-state index is 13.9. The van der Waals surface area contributed by atoms with E-state index in [1.165, 1.54) is 23.5 Å². The number of ether oxygens (including phenoxy) is 1. The van der Waals surface area contributed by atoms with Crippen molar-refractivity contribution in [2.45, 2.75) is 13.2 Å². The number of H-pyrrole nitrogens is 1. The highest BCUT2D eigenvalue weighted by atomic mass is 32.1. The van der Waals surface area contributed by atoms with Crippen molar-refractivity contribution in [3.05, 3.63) is 99.6 Å². The first-order valence-corrected chi connectivity index (χ1v) is 10.5. The number of benzene rings is 3. The number of hydrogen-bond donors (Lipinski definition) is 1. The van der Waals surface area contributed by atoms with Crippen LogP contribution in [-0.4, -0.2) is 9.97 Å². The van der Waals surface area contributed by atoms with Crippen LogP contribution in [0.3, 0.4) is 0 Å². The number of rotatable bonds is 6. The number of hydrogen-bond acceptors (Lipinski definition) is 5. The van der Waals surface area contributed by atoms with Gasteiger partial charge in [0.05, 0.1) is 24.4 Å². The fourth-order valence-corrected chi connectivity index (χ4v) is 4.27. The smallest absolute Gasteiger partial charge is 0.408 e. The molecule has 0 spiro atoms. The van der Waals surface area contributed by atoms with Crippen molar-refractivity contribution >= 4 is 22.4 Å². The van der Waals surface area contributed by atoms with Crippen LogP contribution in [-0.2, 0) is 18.0 Å². The minimum Gasteiger partial charge on any atom is -0.408 e. The van der Waals surface area contributed by atoms with E-state index < -0.39 is 5.76 Å². The monoisotopic (exact) mass is 432 g/mol. The summed E-state index contributed by atoms with van der Waals surface area (Å²) in [6, 6.07) is 19.9. The van der Waals surface area contributed by atoms with Gasteiger partial charge in [0.2, 0.25) is 0 Å². The molecule has 2 aromatic heterocycles. The molecule has 0 fully saturated rings. The van der Waals surface area contributed by atoms with E-state index >= 15 is 0 Å². The molecule has 5 aromatic rings. The quantitative estimate of drug-likeness (QED) is 0.370. The number of fused-ring (bicyclic) bond motifs is 1. The fraction of sp³-hybridized carbons (Fsp3) is 0.0833. The van der Waals surface area contributed by atoms with E-state index in [4.69, 9.17) is 14.1 Å². The van der Waals surface area contributed by atoms with Gasteiger partial charge in [-0.2, -0.15) is 0 Å². The van der Waals surface area contributed by atoms with Gasteiger partial charge < -0.3 is 9.15 Å². The zero-order valence-corrected chi connectivity index (χ0v) is 17.1. The predicted octanol–water partition coefficient (Wildman–Crippen LogP) is 5.77. The molecule has 3 aromatic carbocycles. The maximum Gasteiger partial charge on any atom is 0.417 e. The molecule has 0 saturated carbocycles. The van der Waals surface area contributed by atoms with Crippen molar-refractivity contribution in [3.63, 3.8) is 0 Å². The zero-order valence-electron chi connectivity index (χ0n) is 16.3. The third-order valence-electron chi connectivity index (χ3n) is 4.89. The van der Waals surface area contributed by atoms with E-state index in [-0.39, 0.29) is 12.4 Å². The molecule has 7 heteroatoms. The summed E-state index contributed by atoms with van der Waals surface area (Å²) in [5.74, 6) is -0.802. The third-order valence-corrected chi connectivity index (χ3v) is 5.76. The molecule has 5 rings (SSSR count). The molecule has 0 aliphatic rings. The van der Waals surface area contributed by atoms with Crippen LogP contribution in [0.15, 0.2) is 81.3 Å². The average molecular weight is 432 g/mol. The van der Waals surface area contributed by atoms with Crippen molar-refractivity contribution in [1.29, 1.82) is 0 Å². The molecule has 0 aliphatic heterocycles. The molecule has 5 nitrogen and oxygen atoms in total. The van der Waals surface area contributed by atoms with Gasteiger partial charge in [0.15, 0.2) is 5.58 Å². The standard InChI is InChI=1S/C24H17FN2O3S/c25-18-7-8-19(17(10-18)13-29-12-15-4-2-1-3-5-15)23-26-21(14-31-23)16-6-9-20-22(11-16)30-24(28)27-20/h1-11,14H,12-13H2,(H,27,28). The highest BCUT2D eigenvalue weighted by Gasteiger charge is 2.13. The molecule has 0 atom stereocenters. The lowest BCUT2D eigenvalue weighted by Crippen LogP contribution is -1.97. The van der Waals surface area contributed by atoms with Crippen LogP contribution in [0.25, 0.3) is 32.9 Å². The maximum absolute atomic E-state index is 13.9. The van der Waals surface area contributed by atoms with E-state index in [0.717, 1.165) is 33.0 Å². The largest absolute Gasteiger partial charge is 0.417 e. The number of thiazole rings is 1. The van der Waals surface area contributed by atoms with Crippen molar-refractivity contribution in [3.8, 4) is 21.8 Å². The number of halogens is 1. The van der Waals surface area contributed by atoms with Crippen molar-refractivity contribution < 1.29 is 13.5 Å². The highest BCUT2D eigenvalue weighted by Crippen LogP contribution is 2.32. The normalized spacial score (nSPS) is 11.3. The van der Waals surface area contributed by atoms with Crippen LogP contribution in [0.5, 0.6) is 0 Å². The molecule has 0 amide bonds. The Morgan fingerprint density at radius 1 is 1.03 bits per heavy atom. The number of nitrogens with zero attached hydrogens (tertiary/aromatic N) is 1. The second-order valence-corrected chi connectivity index (χ2v) is 7.90. The molecular weight excluding hydrogens is 415 g/mol. The molecule has 154 valence electrons. The second-order valence-electron chi connectivity index (χ2n) is 7.04. The highest BCUT2D eigenvalue weighted by molar-refractivity contribution is 7.13. The van der Waals surface area contributed by atoms with Crippen LogP contribution in [0.1, 0.15) is 11.1 Å². The van der Waals surface area contributed by atoms with Crippen LogP contribution in [0, 0.1) is 5.82 Å². The topological polar surface area (TPSA) is 68.1 Å². The molecule has 1 N–H and O–H groups in total. The Bertz CT molecular complexity index is 1410. The molecule has 0 unspecified atom stereocenters. The summed E-state index contributed by atoms with van der Waals surface area (Å²) in [4.78, 5) is 18.7. The van der Waals surface area contributed by atoms with Gasteiger partial charge in [-0.25, -0.2) is 14.2 Å². The Morgan fingerprint density at radius 3 is 2.77 bits per heavy atom. The Hall–Kier alpha value is -3.55. The second kappa shape index (κ2) is 8.29. The van der Waals surface area contributed by atoms with E-state index in [0.29, 0.717) is 17.7 Å². The molecule has 0 radical (unpaired) electrons. The van der Waals surface area contributed by atoms with Gasteiger partial charge in [-0.15, -0.1) is 11.3 Å². The number of aromatic amines is 1. The lowest BCUT2D eigenvalue weighted by atomic mass is 10.1. The first kappa shape index (κ1) is 19.4. The third kappa shape index (κ3) is 4.19. The predicted molar refractivity (Wildman–Crippen MR) is 118 cm³/mol. The Morgan fingerprint density at radius 2 is 1.90 bits per heavy atom. The molecular formula is C24H17FN2O3S. The fourth-order valence-electron chi connectivity index (χ4n) is 3.38. The zero-order chi connectivity index (χ0) is 21.2. The molecule has 31 heavy (non-hydrogen) atoms. The Labute approximate surface area is 180 Å². The van der Waals surface area contributed by atoms with Crippen molar-refractivity contribution in [1.82, 2.24) is 9.97 Å². The van der Waals surface area contributed by atoms with E-state index in [9.17, 15) is 9.18 Å². The summed E-state index contributed by atoms with van der Waals surface area (Å²) in [7, 11) is 0. The molecule has 0 aliphatic carbocycles. The van der Waals surface area contributed by atoms with Crippen molar-refractivity contribution in [2.24, 2.45) is 0 Å². The molecule has 0 saturated heterocycles. The number of nitrogens with one attached hydrogen (secondary N) is 1. The van der Waals surface area contributed by atoms with Gasteiger partial charge in [-0.05, 0) is 41.5 Å². The van der Waals surface area contributed by atoms with E-state index in [1.54, 1.807) is 18.2 Å². The van der Waals surface area contributed by atoms with Crippen LogP contribution < -0.4 is 5.76 Å². The summed E-state index contributed by atoms with van der Waals surface area (Å²) >= 11 is 1.47. The van der Waals surface area contributed by atoms with Crippen LogP contribution in [0.4, 0.5) is 4.39 Å². The van der Waals surface area contributed by atoms with E-state index in [2.05, 4.69) is 4.98 Å². The SMILES string of the molecule is O=c1[nH]c2ccc(-c3csc(-c4ccc(F)cc4COCc4ccccc4)n3)cc2o1. The lowest BCUT2D eigenvalue weighted by Gasteiger charge is -2.09. The first-order valence-electron chi connectivity index (χ1n) is 9.65. The number of oxazole rings is 1. The first-order chi connectivity index (χ1) is 15.2. The van der Waals surface area contributed by atoms with E-state index in [1.807, 2.05) is 41.8 Å². The minimum absolute atomic E-state index is 0.275. The van der Waals surface area contributed by atoms with Gasteiger partial charge in [-0.3, -0.25) is 4.98 Å².